The minimum absolute atomic E-state index is 0. The van der Waals surface area contributed by atoms with Crippen LogP contribution >= 0.6 is 12.4 Å². The lowest BCUT2D eigenvalue weighted by molar-refractivity contribution is 0.0573. The van der Waals surface area contributed by atoms with Crippen molar-refractivity contribution in [2.45, 2.75) is 25.8 Å². The molecule has 0 saturated carbocycles. The standard InChI is InChI=1S/C21H25N3O3.ClH/c1-14-10-11-24(17(12-14)13-22)21(26)16-4-8-19(9-5-16)27-18-6-2-15(3-7-18)20(23)25;/h2-9,14,17H,10-13,22H2,1H3,(H2,23,25);1H. The van der Waals surface area contributed by atoms with E-state index in [2.05, 4.69) is 6.92 Å². The SMILES string of the molecule is CC1CCN(C(=O)c2ccc(Oc3ccc(C(N)=O)cc3)cc2)C(CN)C1.Cl. The van der Waals surface area contributed by atoms with E-state index in [1.54, 1.807) is 48.5 Å². The molecule has 2 atom stereocenters. The molecule has 0 aromatic heterocycles. The van der Waals surface area contributed by atoms with E-state index in [4.69, 9.17) is 16.2 Å². The number of amides is 2. The smallest absolute Gasteiger partial charge is 0.254 e. The molecule has 150 valence electrons. The lowest BCUT2D eigenvalue weighted by Crippen LogP contribution is -2.49. The van der Waals surface area contributed by atoms with E-state index >= 15 is 0 Å². The van der Waals surface area contributed by atoms with Crippen molar-refractivity contribution in [2.24, 2.45) is 17.4 Å². The average Bonchev–Trinajstić information content (AvgIpc) is 2.68. The van der Waals surface area contributed by atoms with Crippen LogP contribution in [-0.4, -0.2) is 35.8 Å². The second kappa shape index (κ2) is 9.57. The van der Waals surface area contributed by atoms with Gasteiger partial charge in [0.05, 0.1) is 0 Å². The van der Waals surface area contributed by atoms with E-state index in [1.165, 1.54) is 0 Å². The molecule has 1 fully saturated rings. The van der Waals surface area contributed by atoms with Gasteiger partial charge in [0.1, 0.15) is 11.5 Å². The Kier molecular flexibility index (Phi) is 7.43. The van der Waals surface area contributed by atoms with Gasteiger partial charge in [0, 0.05) is 30.3 Å². The average molecular weight is 404 g/mol. The molecule has 28 heavy (non-hydrogen) atoms. The highest BCUT2D eigenvalue weighted by Crippen LogP contribution is 2.26. The van der Waals surface area contributed by atoms with E-state index in [-0.39, 0.29) is 24.4 Å². The maximum Gasteiger partial charge on any atom is 0.254 e. The van der Waals surface area contributed by atoms with Gasteiger partial charge in [-0.05, 0) is 67.3 Å². The second-order valence-corrected chi connectivity index (χ2v) is 7.03. The summed E-state index contributed by atoms with van der Waals surface area (Å²) in [6.45, 7) is 3.43. The maximum absolute atomic E-state index is 12.8. The molecular formula is C21H26ClN3O3. The summed E-state index contributed by atoms with van der Waals surface area (Å²) in [5.41, 5.74) is 12.1. The van der Waals surface area contributed by atoms with Gasteiger partial charge in [0.25, 0.3) is 5.91 Å². The van der Waals surface area contributed by atoms with Crippen LogP contribution in [0, 0.1) is 5.92 Å². The number of primary amides is 1. The van der Waals surface area contributed by atoms with Crippen molar-refractivity contribution in [3.8, 4) is 11.5 Å². The summed E-state index contributed by atoms with van der Waals surface area (Å²) < 4.78 is 5.75. The zero-order valence-corrected chi connectivity index (χ0v) is 16.7. The van der Waals surface area contributed by atoms with Crippen molar-refractivity contribution in [1.82, 2.24) is 4.90 Å². The third-order valence-electron chi connectivity index (χ3n) is 4.99. The number of ether oxygens (including phenoxy) is 1. The number of hydrogen-bond acceptors (Lipinski definition) is 4. The zero-order chi connectivity index (χ0) is 19.4. The van der Waals surface area contributed by atoms with Crippen LogP contribution in [0.25, 0.3) is 0 Å². The van der Waals surface area contributed by atoms with Crippen molar-refractivity contribution in [2.75, 3.05) is 13.1 Å². The number of likely N-dealkylation sites (tertiary alicyclic amines) is 1. The summed E-state index contributed by atoms with van der Waals surface area (Å²) in [5, 5.41) is 0. The first-order chi connectivity index (χ1) is 13.0. The first-order valence-electron chi connectivity index (χ1n) is 9.16. The Morgan fingerprint density at radius 3 is 2.07 bits per heavy atom. The molecule has 2 amide bonds. The Labute approximate surface area is 171 Å². The number of benzene rings is 2. The number of nitrogens with zero attached hydrogens (tertiary/aromatic N) is 1. The minimum Gasteiger partial charge on any atom is -0.457 e. The quantitative estimate of drug-likeness (QED) is 0.800. The van der Waals surface area contributed by atoms with Gasteiger partial charge in [-0.25, -0.2) is 0 Å². The molecule has 7 heteroatoms. The van der Waals surface area contributed by atoms with E-state index in [9.17, 15) is 9.59 Å². The van der Waals surface area contributed by atoms with Gasteiger partial charge in [-0.15, -0.1) is 12.4 Å². The van der Waals surface area contributed by atoms with E-state index in [1.807, 2.05) is 4.90 Å². The van der Waals surface area contributed by atoms with Gasteiger partial charge in [-0.3, -0.25) is 9.59 Å². The summed E-state index contributed by atoms with van der Waals surface area (Å²) in [7, 11) is 0. The van der Waals surface area contributed by atoms with Gasteiger partial charge in [-0.1, -0.05) is 6.92 Å². The molecule has 3 rings (SSSR count). The molecule has 1 heterocycles. The fourth-order valence-electron chi connectivity index (χ4n) is 3.40. The van der Waals surface area contributed by atoms with E-state index in [0.29, 0.717) is 35.1 Å². The topological polar surface area (TPSA) is 98.6 Å². The molecular weight excluding hydrogens is 378 g/mol. The predicted octanol–water partition coefficient (Wildman–Crippen LogP) is 3.20. The molecule has 4 N–H and O–H groups in total. The molecule has 1 aliphatic heterocycles. The highest BCUT2D eigenvalue weighted by molar-refractivity contribution is 5.94. The normalized spacial score (nSPS) is 18.9. The third kappa shape index (κ3) is 5.03. The third-order valence-corrected chi connectivity index (χ3v) is 4.99. The molecule has 0 spiro atoms. The summed E-state index contributed by atoms with van der Waals surface area (Å²) in [5.74, 6) is 1.33. The first kappa shape index (κ1) is 21.7. The van der Waals surface area contributed by atoms with Gasteiger partial charge >= 0.3 is 0 Å². The number of carbonyl (C=O) groups is 2. The van der Waals surface area contributed by atoms with Gasteiger partial charge < -0.3 is 21.1 Å². The lowest BCUT2D eigenvalue weighted by Gasteiger charge is -2.38. The Morgan fingerprint density at radius 1 is 1.04 bits per heavy atom. The molecule has 2 aromatic carbocycles. The van der Waals surface area contributed by atoms with Crippen LogP contribution in [0.4, 0.5) is 0 Å². The Morgan fingerprint density at radius 2 is 1.57 bits per heavy atom. The number of piperidine rings is 1. The minimum atomic E-state index is -0.479. The van der Waals surface area contributed by atoms with Crippen molar-refractivity contribution >= 4 is 24.2 Å². The summed E-state index contributed by atoms with van der Waals surface area (Å²) in [6.07, 6.45) is 1.95. The largest absolute Gasteiger partial charge is 0.457 e. The van der Waals surface area contributed by atoms with Gasteiger partial charge in [-0.2, -0.15) is 0 Å². The molecule has 6 nitrogen and oxygen atoms in total. The fraction of sp³-hybridized carbons (Fsp3) is 0.333. The Balaban J connectivity index is 0.00000280. The van der Waals surface area contributed by atoms with Gasteiger partial charge in [0.2, 0.25) is 5.91 Å². The van der Waals surface area contributed by atoms with Crippen LogP contribution in [-0.2, 0) is 0 Å². The van der Waals surface area contributed by atoms with E-state index in [0.717, 1.165) is 19.4 Å². The van der Waals surface area contributed by atoms with Crippen LogP contribution in [0.15, 0.2) is 48.5 Å². The zero-order valence-electron chi connectivity index (χ0n) is 15.8. The second-order valence-electron chi connectivity index (χ2n) is 7.03. The maximum atomic E-state index is 12.8. The summed E-state index contributed by atoms with van der Waals surface area (Å²) in [6, 6.07) is 13.7. The molecule has 0 aliphatic carbocycles. The number of rotatable bonds is 5. The highest BCUT2D eigenvalue weighted by atomic mass is 35.5. The monoisotopic (exact) mass is 403 g/mol. The van der Waals surface area contributed by atoms with Crippen LogP contribution in [0.5, 0.6) is 11.5 Å². The van der Waals surface area contributed by atoms with Crippen molar-refractivity contribution in [1.29, 1.82) is 0 Å². The molecule has 0 bridgehead atoms. The molecule has 0 radical (unpaired) electrons. The van der Waals surface area contributed by atoms with Crippen LogP contribution in [0.2, 0.25) is 0 Å². The molecule has 1 aliphatic rings. The number of nitrogens with two attached hydrogens (primary N) is 2. The van der Waals surface area contributed by atoms with Crippen molar-refractivity contribution in [3.05, 3.63) is 59.7 Å². The molecule has 2 unspecified atom stereocenters. The number of hydrogen-bond donors (Lipinski definition) is 2. The number of halogens is 1. The van der Waals surface area contributed by atoms with Crippen LogP contribution in [0.1, 0.15) is 40.5 Å². The highest BCUT2D eigenvalue weighted by Gasteiger charge is 2.29. The number of carbonyl (C=O) groups excluding carboxylic acids is 2. The van der Waals surface area contributed by atoms with Crippen LogP contribution < -0.4 is 16.2 Å². The van der Waals surface area contributed by atoms with Crippen LogP contribution in [0.3, 0.4) is 0 Å². The first-order valence-corrected chi connectivity index (χ1v) is 9.16. The molecule has 2 aromatic rings. The Bertz CT molecular complexity index is 809. The van der Waals surface area contributed by atoms with Crippen molar-refractivity contribution < 1.29 is 14.3 Å². The lowest BCUT2D eigenvalue weighted by atomic mass is 9.92. The van der Waals surface area contributed by atoms with E-state index < -0.39 is 5.91 Å². The van der Waals surface area contributed by atoms with Crippen molar-refractivity contribution in [3.63, 3.8) is 0 Å². The fourth-order valence-corrected chi connectivity index (χ4v) is 3.40. The summed E-state index contributed by atoms with van der Waals surface area (Å²) in [4.78, 5) is 25.8. The predicted molar refractivity (Wildman–Crippen MR) is 111 cm³/mol. The Hall–Kier alpha value is -2.57. The molecule has 1 saturated heterocycles. The summed E-state index contributed by atoms with van der Waals surface area (Å²) >= 11 is 0. The van der Waals surface area contributed by atoms with Gasteiger partial charge in [0.15, 0.2) is 0 Å².